The van der Waals surface area contributed by atoms with Crippen LogP contribution in [0.3, 0.4) is 0 Å². The van der Waals surface area contributed by atoms with Gasteiger partial charge in [0.2, 0.25) is 0 Å². The van der Waals surface area contributed by atoms with Gasteiger partial charge >= 0.3 is 8.60 Å². The Bertz CT molecular complexity index is 825. The van der Waals surface area contributed by atoms with Crippen molar-refractivity contribution < 1.29 is 14.3 Å². The van der Waals surface area contributed by atoms with Crippen LogP contribution in [0.4, 0.5) is 0 Å². The van der Waals surface area contributed by atoms with Crippen molar-refractivity contribution in [3.8, 4) is 0 Å². The molecule has 0 aromatic heterocycles. The topological polar surface area (TPSA) is 49.7 Å². The van der Waals surface area contributed by atoms with Crippen LogP contribution < -0.4 is 0 Å². The zero-order valence-corrected chi connectivity index (χ0v) is 25.8. The molecule has 2 N–H and O–H groups in total. The highest BCUT2D eigenvalue weighted by molar-refractivity contribution is 7.39. The van der Waals surface area contributed by atoms with E-state index in [0.717, 1.165) is 0 Å². The van der Waals surface area contributed by atoms with Crippen LogP contribution in [0.5, 0.6) is 0 Å². The smallest absolute Gasteiger partial charge is 0.327 e. The van der Waals surface area contributed by atoms with E-state index in [2.05, 4.69) is 133 Å². The second-order valence-electron chi connectivity index (χ2n) is 15.4. The van der Waals surface area contributed by atoms with E-state index in [4.69, 9.17) is 4.52 Å². The second kappa shape index (κ2) is 9.54. The van der Waals surface area contributed by atoms with Crippen molar-refractivity contribution in [1.82, 2.24) is 0 Å². The first-order valence-corrected chi connectivity index (χ1v) is 14.3. The zero-order chi connectivity index (χ0) is 27.4. The molecule has 0 spiro atoms. The van der Waals surface area contributed by atoms with Crippen LogP contribution in [0.1, 0.15) is 96.9 Å². The summed E-state index contributed by atoms with van der Waals surface area (Å²) in [4.78, 5) is 20.4. The van der Waals surface area contributed by atoms with Gasteiger partial charge in [0.1, 0.15) is 0 Å². The Hall–Kier alpha value is -0.730. The average molecular weight is 505 g/mol. The molecule has 0 saturated heterocycles. The van der Waals surface area contributed by atoms with Gasteiger partial charge in [-0.05, 0) is 43.6 Å². The molecule has 4 heteroatoms. The van der Waals surface area contributed by atoms with Crippen molar-refractivity contribution in [3.05, 3.63) is 47.6 Å². The molecule has 4 unspecified atom stereocenters. The molecule has 2 aliphatic rings. The van der Waals surface area contributed by atoms with Gasteiger partial charge in [-0.25, -0.2) is 0 Å². The van der Waals surface area contributed by atoms with Crippen LogP contribution in [-0.2, 0) is 4.52 Å². The lowest BCUT2D eigenvalue weighted by atomic mass is 9.50. The summed E-state index contributed by atoms with van der Waals surface area (Å²) in [6.07, 6.45) is 13.5. The van der Waals surface area contributed by atoms with E-state index in [-0.39, 0.29) is 44.3 Å². The lowest BCUT2D eigenvalue weighted by Crippen LogP contribution is -2.52. The van der Waals surface area contributed by atoms with Crippen molar-refractivity contribution in [2.24, 2.45) is 44.3 Å². The predicted molar refractivity (Wildman–Crippen MR) is 152 cm³/mol. The maximum absolute atomic E-state index is 10.2. The summed E-state index contributed by atoms with van der Waals surface area (Å²) in [5, 5.41) is 0. The van der Waals surface area contributed by atoms with Gasteiger partial charge < -0.3 is 14.3 Å². The maximum atomic E-state index is 10.2. The zero-order valence-electron chi connectivity index (χ0n) is 24.9. The standard InChI is InChI=1S/C31H53O3P/c1-26(2,3)21-15-17-23(30(13,19-21)28(7,8)9)25(34-35(32)33)24-18-16-22(27(4,5)6)20-31(24,14)29(10,11)12/h15-20,23-25,32-33H,1-14H3. The minimum absolute atomic E-state index is 0.0277. The van der Waals surface area contributed by atoms with Gasteiger partial charge in [0.05, 0.1) is 6.10 Å². The first kappa shape index (κ1) is 30.5. The summed E-state index contributed by atoms with van der Waals surface area (Å²) < 4.78 is 6.17. The molecule has 0 aliphatic heterocycles. The largest absolute Gasteiger partial charge is 0.328 e. The van der Waals surface area contributed by atoms with Gasteiger partial charge in [-0.3, -0.25) is 0 Å². The Labute approximate surface area is 217 Å². The SMILES string of the molecule is CC(C)(C)C1=CC(C)(C(C)(C)C)C(C(OP(O)O)C2C=CC(C(C)(C)C)=CC2(C)C(C)(C)C)C=C1. The van der Waals surface area contributed by atoms with Crippen LogP contribution in [0.25, 0.3) is 0 Å². The van der Waals surface area contributed by atoms with Crippen molar-refractivity contribution in [2.45, 2.75) is 103 Å². The summed E-state index contributed by atoms with van der Waals surface area (Å²) in [5.41, 5.74) is 2.04. The third-order valence-electron chi connectivity index (χ3n) is 9.15. The molecule has 3 nitrogen and oxygen atoms in total. The highest BCUT2D eigenvalue weighted by atomic mass is 31.2. The number of rotatable bonds is 4. The van der Waals surface area contributed by atoms with Crippen LogP contribution in [0, 0.1) is 44.3 Å². The van der Waals surface area contributed by atoms with Crippen molar-refractivity contribution in [2.75, 3.05) is 0 Å². The van der Waals surface area contributed by atoms with Gasteiger partial charge in [0, 0.05) is 11.8 Å². The summed E-state index contributed by atoms with van der Waals surface area (Å²) >= 11 is 0. The Morgan fingerprint density at radius 3 is 1.23 bits per heavy atom. The molecule has 2 rings (SSSR count). The van der Waals surface area contributed by atoms with E-state index < -0.39 is 14.7 Å². The van der Waals surface area contributed by atoms with Crippen LogP contribution in [-0.4, -0.2) is 15.9 Å². The fourth-order valence-electron chi connectivity index (χ4n) is 5.48. The maximum Gasteiger partial charge on any atom is 0.327 e. The van der Waals surface area contributed by atoms with E-state index in [1.165, 1.54) is 11.1 Å². The molecule has 0 bridgehead atoms. The van der Waals surface area contributed by atoms with Crippen molar-refractivity contribution in [1.29, 1.82) is 0 Å². The van der Waals surface area contributed by atoms with E-state index in [1.807, 2.05) is 0 Å². The molecule has 0 saturated carbocycles. The van der Waals surface area contributed by atoms with Crippen molar-refractivity contribution >= 4 is 8.60 Å². The van der Waals surface area contributed by atoms with Gasteiger partial charge in [-0.15, -0.1) is 0 Å². The summed E-state index contributed by atoms with van der Waals surface area (Å²) in [7, 11) is -2.52. The highest BCUT2D eigenvalue weighted by Crippen LogP contribution is 2.59. The average Bonchev–Trinajstić information content (AvgIpc) is 2.63. The van der Waals surface area contributed by atoms with E-state index in [9.17, 15) is 9.79 Å². The van der Waals surface area contributed by atoms with Crippen LogP contribution in [0.15, 0.2) is 47.6 Å². The molecular weight excluding hydrogens is 451 g/mol. The molecule has 35 heavy (non-hydrogen) atoms. The quantitative estimate of drug-likeness (QED) is 0.376. The molecular formula is C31H53O3P. The third-order valence-corrected chi connectivity index (χ3v) is 9.58. The summed E-state index contributed by atoms with van der Waals surface area (Å²) in [6.45, 7) is 31.8. The Kier molecular flexibility index (Phi) is 8.31. The number of allylic oxidation sites excluding steroid dienone is 6. The van der Waals surface area contributed by atoms with Gasteiger partial charge in [0.25, 0.3) is 0 Å². The van der Waals surface area contributed by atoms with E-state index in [1.54, 1.807) is 0 Å². The highest BCUT2D eigenvalue weighted by Gasteiger charge is 2.54. The minimum Gasteiger partial charge on any atom is -0.328 e. The van der Waals surface area contributed by atoms with Crippen LogP contribution >= 0.6 is 8.60 Å². The van der Waals surface area contributed by atoms with E-state index in [0.29, 0.717) is 0 Å². The fourth-order valence-corrected chi connectivity index (χ4v) is 5.96. The molecule has 0 heterocycles. The lowest BCUT2D eigenvalue weighted by Gasteiger charge is -2.55. The Balaban J connectivity index is 2.76. The predicted octanol–water partition coefficient (Wildman–Crippen LogP) is 9.00. The van der Waals surface area contributed by atoms with E-state index >= 15 is 0 Å². The normalized spacial score (nSPS) is 31.5. The molecule has 2 aliphatic carbocycles. The summed E-state index contributed by atoms with van der Waals surface area (Å²) in [6, 6.07) is 0. The monoisotopic (exact) mass is 504 g/mol. The third kappa shape index (κ3) is 6.06. The second-order valence-corrected chi connectivity index (χ2v) is 16.1. The molecule has 0 aromatic rings. The molecule has 4 atom stereocenters. The molecule has 0 fully saturated rings. The minimum atomic E-state index is -2.52. The molecule has 0 radical (unpaired) electrons. The van der Waals surface area contributed by atoms with Crippen LogP contribution in [0.2, 0.25) is 0 Å². The number of hydrogen-bond donors (Lipinski definition) is 2. The van der Waals surface area contributed by atoms with Gasteiger partial charge in [0.15, 0.2) is 0 Å². The molecule has 0 aromatic carbocycles. The van der Waals surface area contributed by atoms with Gasteiger partial charge in [-0.2, -0.15) is 0 Å². The first-order valence-electron chi connectivity index (χ1n) is 13.1. The Morgan fingerprint density at radius 1 is 0.686 bits per heavy atom. The number of hydrogen-bond acceptors (Lipinski definition) is 3. The van der Waals surface area contributed by atoms with Crippen molar-refractivity contribution in [3.63, 3.8) is 0 Å². The molecule has 200 valence electrons. The Morgan fingerprint density at radius 2 is 1.00 bits per heavy atom. The summed E-state index contributed by atoms with van der Waals surface area (Å²) in [5.74, 6) is -0.0578. The fraction of sp³-hybridized carbons (Fsp3) is 0.742. The lowest BCUT2D eigenvalue weighted by molar-refractivity contribution is -0.0425. The molecule has 0 amide bonds. The first-order chi connectivity index (χ1) is 15.4. The van der Waals surface area contributed by atoms with Gasteiger partial charge in [-0.1, -0.05) is 133 Å².